The van der Waals surface area contributed by atoms with Gasteiger partial charge in [0.1, 0.15) is 10.0 Å². The Hall–Kier alpha value is -0.720. The molecule has 1 heterocycles. The fraction of sp³-hybridized carbons (Fsp3) is 0.727. The van der Waals surface area contributed by atoms with Gasteiger partial charge in [0, 0.05) is 24.1 Å². The van der Waals surface area contributed by atoms with Crippen LogP contribution in [-0.4, -0.2) is 26.7 Å². The number of nitrogens with zero attached hydrogens (tertiary/aromatic N) is 2. The van der Waals surface area contributed by atoms with E-state index in [1.54, 1.807) is 6.92 Å². The number of carbonyl (C=O) groups is 1. The molecule has 2 unspecified atom stereocenters. The van der Waals surface area contributed by atoms with Gasteiger partial charge >= 0.3 is 5.97 Å². The van der Waals surface area contributed by atoms with Crippen molar-refractivity contribution >= 4 is 29.1 Å². The third kappa shape index (κ3) is 5.29. The van der Waals surface area contributed by atoms with Crippen LogP contribution < -0.4 is 5.32 Å². The molecule has 0 amide bonds. The van der Waals surface area contributed by atoms with Crippen LogP contribution >= 0.6 is 23.1 Å². The summed E-state index contributed by atoms with van der Waals surface area (Å²) in [5, 5.41) is 16.0. The number of carboxylic acids is 1. The van der Waals surface area contributed by atoms with Crippen molar-refractivity contribution in [2.24, 2.45) is 5.92 Å². The molecule has 1 aromatic rings. The van der Waals surface area contributed by atoms with Crippen LogP contribution in [0.4, 0.5) is 0 Å². The molecule has 0 fully saturated rings. The molecule has 0 spiro atoms. The molecular weight excluding hydrogens is 274 g/mol. The fourth-order valence-electron chi connectivity index (χ4n) is 1.53. The molecule has 7 heteroatoms. The molecule has 1 aromatic heterocycles. The van der Waals surface area contributed by atoms with Crippen molar-refractivity contribution < 1.29 is 9.90 Å². The maximum atomic E-state index is 10.6. The molecule has 18 heavy (non-hydrogen) atoms. The molecule has 0 aliphatic heterocycles. The van der Waals surface area contributed by atoms with E-state index in [9.17, 15) is 4.79 Å². The summed E-state index contributed by atoms with van der Waals surface area (Å²) in [6.07, 6.45) is 2.54. The smallest absolute Gasteiger partial charge is 0.306 e. The standard InChI is InChI=1S/C11H18ClN3O2S/c1-7(11(16)17)4-3-5-8(2)13-6-9-10(12)18-15-14-9/h7-8,13H,3-6H2,1-2H3,(H,16,17). The maximum Gasteiger partial charge on any atom is 0.306 e. The Morgan fingerprint density at radius 2 is 2.22 bits per heavy atom. The van der Waals surface area contributed by atoms with E-state index in [0.717, 1.165) is 18.5 Å². The van der Waals surface area contributed by atoms with Gasteiger partial charge in [0.25, 0.3) is 0 Å². The lowest BCUT2D eigenvalue weighted by molar-refractivity contribution is -0.141. The number of halogens is 1. The zero-order valence-electron chi connectivity index (χ0n) is 10.5. The van der Waals surface area contributed by atoms with Crippen molar-refractivity contribution in [3.05, 3.63) is 10.0 Å². The summed E-state index contributed by atoms with van der Waals surface area (Å²) in [6.45, 7) is 4.41. The summed E-state index contributed by atoms with van der Waals surface area (Å²) in [5.74, 6) is -0.995. The number of hydrogen-bond donors (Lipinski definition) is 2. The van der Waals surface area contributed by atoms with Crippen LogP contribution in [0.2, 0.25) is 4.34 Å². The van der Waals surface area contributed by atoms with Gasteiger partial charge in [-0.1, -0.05) is 29.4 Å². The van der Waals surface area contributed by atoms with Crippen LogP contribution in [0.3, 0.4) is 0 Å². The van der Waals surface area contributed by atoms with Crippen LogP contribution in [0.1, 0.15) is 38.8 Å². The number of nitrogens with one attached hydrogen (secondary N) is 1. The Kier molecular flexibility index (Phi) is 6.52. The van der Waals surface area contributed by atoms with Crippen molar-refractivity contribution in [1.29, 1.82) is 0 Å². The summed E-state index contributed by atoms with van der Waals surface area (Å²) in [6, 6.07) is 0.309. The average Bonchev–Trinajstić information content (AvgIpc) is 2.72. The monoisotopic (exact) mass is 291 g/mol. The van der Waals surface area contributed by atoms with Crippen LogP contribution in [0.15, 0.2) is 0 Å². The van der Waals surface area contributed by atoms with E-state index in [2.05, 4.69) is 21.8 Å². The average molecular weight is 292 g/mol. The highest BCUT2D eigenvalue weighted by Gasteiger charge is 2.12. The summed E-state index contributed by atoms with van der Waals surface area (Å²) in [4.78, 5) is 10.6. The molecule has 0 bridgehead atoms. The number of rotatable bonds is 8. The first-order valence-electron chi connectivity index (χ1n) is 5.93. The van der Waals surface area contributed by atoms with Gasteiger partial charge in [-0.15, -0.1) is 5.10 Å². The first kappa shape index (κ1) is 15.3. The molecule has 2 atom stereocenters. The van der Waals surface area contributed by atoms with Gasteiger partial charge in [-0.2, -0.15) is 0 Å². The van der Waals surface area contributed by atoms with Gasteiger partial charge in [0.2, 0.25) is 0 Å². The van der Waals surface area contributed by atoms with Gasteiger partial charge in [0.15, 0.2) is 0 Å². The van der Waals surface area contributed by atoms with Crippen molar-refractivity contribution in [3.63, 3.8) is 0 Å². The highest BCUT2D eigenvalue weighted by molar-refractivity contribution is 7.10. The molecule has 0 aliphatic rings. The van der Waals surface area contributed by atoms with E-state index < -0.39 is 5.97 Å². The number of aliphatic carboxylic acids is 1. The van der Waals surface area contributed by atoms with E-state index in [-0.39, 0.29) is 5.92 Å². The normalized spacial score (nSPS) is 14.4. The van der Waals surface area contributed by atoms with Crippen molar-refractivity contribution in [2.75, 3.05) is 0 Å². The Morgan fingerprint density at radius 1 is 1.50 bits per heavy atom. The Balaban J connectivity index is 2.16. The predicted octanol–water partition coefficient (Wildman–Crippen LogP) is 2.56. The first-order valence-corrected chi connectivity index (χ1v) is 7.08. The Bertz CT molecular complexity index is 386. The first-order chi connectivity index (χ1) is 8.50. The molecule has 102 valence electrons. The molecule has 0 aliphatic carbocycles. The molecule has 5 nitrogen and oxygen atoms in total. The zero-order valence-corrected chi connectivity index (χ0v) is 12.1. The van der Waals surface area contributed by atoms with E-state index in [1.807, 2.05) is 0 Å². The summed E-state index contributed by atoms with van der Waals surface area (Å²) in [7, 11) is 0. The summed E-state index contributed by atoms with van der Waals surface area (Å²) in [5.41, 5.74) is 0.771. The molecule has 0 saturated carbocycles. The van der Waals surface area contributed by atoms with Crippen LogP contribution in [0.25, 0.3) is 0 Å². The van der Waals surface area contributed by atoms with Crippen LogP contribution in [-0.2, 0) is 11.3 Å². The van der Waals surface area contributed by atoms with Gasteiger partial charge in [-0.05, 0) is 19.8 Å². The lowest BCUT2D eigenvalue weighted by Crippen LogP contribution is -2.26. The number of aromatic nitrogens is 2. The number of carboxylic acid groups (broad SMARTS) is 1. The van der Waals surface area contributed by atoms with Gasteiger partial charge in [-0.3, -0.25) is 4.79 Å². The predicted molar refractivity (Wildman–Crippen MR) is 71.9 cm³/mol. The van der Waals surface area contributed by atoms with E-state index in [0.29, 0.717) is 23.3 Å². The third-order valence-electron chi connectivity index (χ3n) is 2.82. The zero-order chi connectivity index (χ0) is 13.5. The summed E-state index contributed by atoms with van der Waals surface area (Å²) < 4.78 is 4.38. The van der Waals surface area contributed by atoms with E-state index >= 15 is 0 Å². The summed E-state index contributed by atoms with van der Waals surface area (Å²) >= 11 is 7.07. The third-order valence-corrected chi connectivity index (χ3v) is 3.81. The Labute approximate surface area is 116 Å². The second kappa shape index (κ2) is 7.66. The van der Waals surface area contributed by atoms with Gasteiger partial charge < -0.3 is 10.4 Å². The lowest BCUT2D eigenvalue weighted by Gasteiger charge is -2.13. The Morgan fingerprint density at radius 3 is 2.78 bits per heavy atom. The minimum Gasteiger partial charge on any atom is -0.481 e. The molecular formula is C11H18ClN3O2S. The molecule has 0 radical (unpaired) electrons. The van der Waals surface area contributed by atoms with Crippen molar-refractivity contribution in [1.82, 2.24) is 14.9 Å². The highest BCUT2D eigenvalue weighted by atomic mass is 35.5. The fourth-order valence-corrected chi connectivity index (χ4v) is 2.16. The highest BCUT2D eigenvalue weighted by Crippen LogP contribution is 2.17. The SMILES string of the molecule is CC(CCCC(C)C(=O)O)NCc1nnsc1Cl. The van der Waals surface area contributed by atoms with E-state index in [1.165, 1.54) is 11.5 Å². The topological polar surface area (TPSA) is 75.1 Å². The van der Waals surface area contributed by atoms with E-state index in [4.69, 9.17) is 16.7 Å². The lowest BCUT2D eigenvalue weighted by atomic mass is 10.0. The largest absolute Gasteiger partial charge is 0.481 e. The minimum atomic E-state index is -0.726. The maximum absolute atomic E-state index is 10.6. The van der Waals surface area contributed by atoms with Gasteiger partial charge in [0.05, 0.1) is 5.92 Å². The van der Waals surface area contributed by atoms with Crippen LogP contribution in [0.5, 0.6) is 0 Å². The van der Waals surface area contributed by atoms with Gasteiger partial charge in [-0.25, -0.2) is 0 Å². The second-order valence-electron chi connectivity index (χ2n) is 4.45. The van der Waals surface area contributed by atoms with Crippen molar-refractivity contribution in [2.45, 2.75) is 45.7 Å². The second-order valence-corrected chi connectivity index (χ2v) is 5.80. The molecule has 0 saturated heterocycles. The quantitative estimate of drug-likeness (QED) is 0.770. The molecule has 2 N–H and O–H groups in total. The number of hydrogen-bond acceptors (Lipinski definition) is 5. The van der Waals surface area contributed by atoms with Crippen LogP contribution in [0, 0.1) is 5.92 Å². The minimum absolute atomic E-state index is 0.269. The van der Waals surface area contributed by atoms with Crippen molar-refractivity contribution in [3.8, 4) is 0 Å². The molecule has 0 aromatic carbocycles. The molecule has 1 rings (SSSR count).